The molecule has 3 heteroatoms. The number of aromatic nitrogens is 2. The molecule has 14 heavy (non-hydrogen) atoms. The molecule has 0 saturated carbocycles. The van der Waals surface area contributed by atoms with Crippen molar-refractivity contribution in [3.63, 3.8) is 0 Å². The van der Waals surface area contributed by atoms with Gasteiger partial charge in [-0.25, -0.2) is 4.98 Å². The third kappa shape index (κ3) is 1.71. The summed E-state index contributed by atoms with van der Waals surface area (Å²) in [6, 6.07) is 12.2. The van der Waals surface area contributed by atoms with E-state index in [-0.39, 0.29) is 0 Å². The van der Waals surface area contributed by atoms with Crippen LogP contribution in [0.4, 0.5) is 0 Å². The predicted octanol–water partition coefficient (Wildman–Crippen LogP) is 1.95. The Hall–Kier alpha value is -1.90. The van der Waals surface area contributed by atoms with Crippen LogP contribution in [0.15, 0.2) is 36.5 Å². The Balaban J connectivity index is 2.42. The van der Waals surface area contributed by atoms with Crippen molar-refractivity contribution in [1.29, 1.82) is 0 Å². The predicted molar refractivity (Wildman–Crippen MR) is 52.9 cm³/mol. The molecule has 1 aromatic heterocycles. The summed E-state index contributed by atoms with van der Waals surface area (Å²) < 4.78 is 5.02. The van der Waals surface area contributed by atoms with Gasteiger partial charge in [0.25, 0.3) is 0 Å². The average Bonchev–Trinajstić information content (AvgIpc) is 2.30. The summed E-state index contributed by atoms with van der Waals surface area (Å²) in [4.78, 5) is 8.37. The average molecular weight is 185 g/mol. The van der Waals surface area contributed by atoms with E-state index in [0.717, 1.165) is 5.56 Å². The van der Waals surface area contributed by atoms with Crippen LogP contribution in [0, 0.1) is 6.07 Å². The minimum Gasteiger partial charge on any atom is -0.481 e. The summed E-state index contributed by atoms with van der Waals surface area (Å²) in [5.74, 6) is 1.24. The molecule has 1 radical (unpaired) electrons. The highest BCUT2D eigenvalue weighted by atomic mass is 16.5. The third-order valence-corrected chi connectivity index (χ3v) is 1.82. The molecule has 0 aliphatic rings. The highest BCUT2D eigenvalue weighted by molar-refractivity contribution is 5.54. The molecule has 1 aromatic carbocycles. The van der Waals surface area contributed by atoms with Gasteiger partial charge in [-0.15, -0.1) is 0 Å². The lowest BCUT2D eigenvalue weighted by molar-refractivity contribution is 0.397. The van der Waals surface area contributed by atoms with Crippen molar-refractivity contribution in [2.75, 3.05) is 7.11 Å². The molecule has 3 nitrogen and oxygen atoms in total. The zero-order valence-corrected chi connectivity index (χ0v) is 7.77. The van der Waals surface area contributed by atoms with E-state index in [2.05, 4.69) is 16.0 Å². The SMILES string of the molecule is COc1ccnc(-c2cc[c]cc2)n1. The zero-order valence-electron chi connectivity index (χ0n) is 7.77. The van der Waals surface area contributed by atoms with Gasteiger partial charge in [-0.05, 0) is 6.07 Å². The number of rotatable bonds is 2. The van der Waals surface area contributed by atoms with Crippen molar-refractivity contribution in [3.05, 3.63) is 42.6 Å². The summed E-state index contributed by atoms with van der Waals surface area (Å²) in [5, 5.41) is 0. The van der Waals surface area contributed by atoms with Crippen LogP contribution >= 0.6 is 0 Å². The zero-order chi connectivity index (χ0) is 9.80. The summed E-state index contributed by atoms with van der Waals surface area (Å²) in [6.07, 6.45) is 1.68. The maximum absolute atomic E-state index is 5.02. The Kier molecular flexibility index (Phi) is 2.40. The van der Waals surface area contributed by atoms with Crippen LogP contribution in [-0.2, 0) is 0 Å². The van der Waals surface area contributed by atoms with Crippen LogP contribution in [0.1, 0.15) is 0 Å². The molecule has 69 valence electrons. The Morgan fingerprint density at radius 2 is 2.00 bits per heavy atom. The molecule has 0 bridgehead atoms. The molecule has 1 heterocycles. The third-order valence-electron chi connectivity index (χ3n) is 1.82. The van der Waals surface area contributed by atoms with Crippen LogP contribution in [0.25, 0.3) is 11.4 Å². The number of nitrogens with zero attached hydrogens (tertiary/aromatic N) is 2. The first-order chi connectivity index (χ1) is 6.90. The lowest BCUT2D eigenvalue weighted by Gasteiger charge is -2.01. The number of ether oxygens (including phenoxy) is 1. The maximum atomic E-state index is 5.02. The summed E-state index contributed by atoms with van der Waals surface area (Å²) in [6.45, 7) is 0. The molecule has 0 aliphatic carbocycles. The molecule has 0 N–H and O–H groups in total. The van der Waals surface area contributed by atoms with Crippen LogP contribution < -0.4 is 4.74 Å². The number of benzene rings is 1. The van der Waals surface area contributed by atoms with Gasteiger partial charge in [0, 0.05) is 17.8 Å². The minimum absolute atomic E-state index is 0.572. The van der Waals surface area contributed by atoms with Crippen molar-refractivity contribution in [2.24, 2.45) is 0 Å². The van der Waals surface area contributed by atoms with E-state index in [4.69, 9.17) is 4.74 Å². The topological polar surface area (TPSA) is 35.0 Å². The van der Waals surface area contributed by atoms with E-state index >= 15 is 0 Å². The first-order valence-electron chi connectivity index (χ1n) is 4.23. The van der Waals surface area contributed by atoms with E-state index in [0.29, 0.717) is 11.7 Å². The van der Waals surface area contributed by atoms with E-state index in [1.54, 1.807) is 19.4 Å². The van der Waals surface area contributed by atoms with Crippen LogP contribution in [0.2, 0.25) is 0 Å². The van der Waals surface area contributed by atoms with Gasteiger partial charge >= 0.3 is 0 Å². The van der Waals surface area contributed by atoms with Crippen molar-refractivity contribution in [2.45, 2.75) is 0 Å². The Morgan fingerprint density at radius 3 is 2.71 bits per heavy atom. The lowest BCUT2D eigenvalue weighted by atomic mass is 10.2. The summed E-state index contributed by atoms with van der Waals surface area (Å²) in [5.41, 5.74) is 0.961. The molecule has 0 atom stereocenters. The van der Waals surface area contributed by atoms with Gasteiger partial charge in [0.15, 0.2) is 5.82 Å². The van der Waals surface area contributed by atoms with Crippen LogP contribution in [0.3, 0.4) is 0 Å². The van der Waals surface area contributed by atoms with Gasteiger partial charge < -0.3 is 4.74 Å². The fourth-order valence-corrected chi connectivity index (χ4v) is 1.13. The number of hydrogen-bond acceptors (Lipinski definition) is 3. The van der Waals surface area contributed by atoms with Gasteiger partial charge in [-0.2, -0.15) is 4.98 Å². The number of hydrogen-bond donors (Lipinski definition) is 0. The molecule has 2 aromatic rings. The first-order valence-corrected chi connectivity index (χ1v) is 4.23. The fourth-order valence-electron chi connectivity index (χ4n) is 1.13. The van der Waals surface area contributed by atoms with Crippen molar-refractivity contribution in [1.82, 2.24) is 9.97 Å². The Bertz CT molecular complexity index is 415. The molecule has 0 unspecified atom stereocenters. The molecule has 0 fully saturated rings. The van der Waals surface area contributed by atoms with E-state index < -0.39 is 0 Å². The number of methoxy groups -OCH3 is 1. The second-order valence-corrected chi connectivity index (χ2v) is 2.71. The normalized spacial score (nSPS) is 9.79. The van der Waals surface area contributed by atoms with Gasteiger partial charge in [0.1, 0.15) is 0 Å². The van der Waals surface area contributed by atoms with Crippen molar-refractivity contribution in [3.8, 4) is 17.3 Å². The molecule has 0 aliphatic heterocycles. The van der Waals surface area contributed by atoms with Crippen LogP contribution in [0.5, 0.6) is 5.88 Å². The molecule has 0 amide bonds. The smallest absolute Gasteiger partial charge is 0.216 e. The molecular formula is C11H9N2O. The van der Waals surface area contributed by atoms with Crippen molar-refractivity contribution >= 4 is 0 Å². The van der Waals surface area contributed by atoms with E-state index in [9.17, 15) is 0 Å². The minimum atomic E-state index is 0.572. The van der Waals surface area contributed by atoms with Crippen molar-refractivity contribution < 1.29 is 4.74 Å². The van der Waals surface area contributed by atoms with Gasteiger partial charge in [-0.1, -0.05) is 24.3 Å². The van der Waals surface area contributed by atoms with Crippen LogP contribution in [-0.4, -0.2) is 17.1 Å². The fraction of sp³-hybridized carbons (Fsp3) is 0.0909. The van der Waals surface area contributed by atoms with E-state index in [1.165, 1.54) is 0 Å². The first kappa shape index (κ1) is 8.69. The Labute approximate surface area is 82.4 Å². The maximum Gasteiger partial charge on any atom is 0.216 e. The largest absolute Gasteiger partial charge is 0.481 e. The quantitative estimate of drug-likeness (QED) is 0.717. The van der Waals surface area contributed by atoms with Gasteiger partial charge in [0.2, 0.25) is 5.88 Å². The molecule has 0 spiro atoms. The summed E-state index contributed by atoms with van der Waals surface area (Å²) in [7, 11) is 1.59. The standard InChI is InChI=1S/C11H9N2O/c1-14-10-7-8-12-11(13-10)9-5-3-2-4-6-9/h3-8H,1H3. The highest BCUT2D eigenvalue weighted by Gasteiger charge is 2.00. The second kappa shape index (κ2) is 3.87. The highest BCUT2D eigenvalue weighted by Crippen LogP contribution is 2.15. The molecular weight excluding hydrogens is 176 g/mol. The summed E-state index contributed by atoms with van der Waals surface area (Å²) >= 11 is 0. The van der Waals surface area contributed by atoms with Gasteiger partial charge in [-0.3, -0.25) is 0 Å². The second-order valence-electron chi connectivity index (χ2n) is 2.71. The monoisotopic (exact) mass is 185 g/mol. The lowest BCUT2D eigenvalue weighted by Crippen LogP contribution is -1.92. The van der Waals surface area contributed by atoms with Gasteiger partial charge in [0.05, 0.1) is 7.11 Å². The van der Waals surface area contributed by atoms with E-state index in [1.807, 2.05) is 24.3 Å². The molecule has 0 saturated heterocycles. The Morgan fingerprint density at radius 1 is 1.21 bits per heavy atom. The molecule has 2 rings (SSSR count).